The maximum Gasteiger partial charge on any atom is 0.254 e. The fraction of sp³-hybridized carbons (Fsp3) is 0.143. The van der Waals surface area contributed by atoms with Crippen molar-refractivity contribution in [1.82, 2.24) is 10.9 Å². The van der Waals surface area contributed by atoms with Gasteiger partial charge in [-0.05, 0) is 0 Å². The average molecular weight is 151 g/mol. The normalized spacial score (nSPS) is 28.5. The van der Waals surface area contributed by atoms with Gasteiger partial charge in [-0.2, -0.15) is 0 Å². The highest BCUT2D eigenvalue weighted by atomic mass is 16.8. The predicted octanol–water partition coefficient (Wildman–Crippen LogP) is -0.205. The van der Waals surface area contributed by atoms with Crippen LogP contribution in [0.1, 0.15) is 5.56 Å². The van der Waals surface area contributed by atoms with Crippen molar-refractivity contribution in [3.8, 4) is 0 Å². The molecule has 1 aromatic carbocycles. The van der Waals surface area contributed by atoms with Gasteiger partial charge in [-0.1, -0.05) is 30.3 Å². The third kappa shape index (κ3) is 1.02. The highest BCUT2D eigenvalue weighted by Crippen LogP contribution is 2.27. The standard InChI is InChI=1S/C7H9N3O/c8-9-7(10-11-7)6-4-2-1-3-5-6/h1-5,9-10H,8H2. The van der Waals surface area contributed by atoms with Gasteiger partial charge in [0.2, 0.25) is 0 Å². The summed E-state index contributed by atoms with van der Waals surface area (Å²) < 4.78 is 0. The summed E-state index contributed by atoms with van der Waals surface area (Å²) in [6, 6.07) is 9.66. The van der Waals surface area contributed by atoms with Crippen LogP contribution in [0.15, 0.2) is 30.3 Å². The molecular weight excluding hydrogens is 142 g/mol. The molecule has 58 valence electrons. The number of benzene rings is 1. The molecule has 1 unspecified atom stereocenters. The lowest BCUT2D eigenvalue weighted by atomic mass is 10.2. The first-order chi connectivity index (χ1) is 5.37. The number of hydrogen-bond donors (Lipinski definition) is 3. The van der Waals surface area contributed by atoms with E-state index in [-0.39, 0.29) is 0 Å². The Hall–Kier alpha value is -0.940. The SMILES string of the molecule is NNC1(c2ccccc2)NO1. The van der Waals surface area contributed by atoms with Crippen LogP contribution in [0, 0.1) is 0 Å². The molecule has 1 fully saturated rings. The van der Waals surface area contributed by atoms with E-state index in [9.17, 15) is 0 Å². The molecule has 2 rings (SSSR count). The van der Waals surface area contributed by atoms with Crippen molar-refractivity contribution in [2.75, 3.05) is 0 Å². The number of hydrogen-bond acceptors (Lipinski definition) is 4. The second-order valence-electron chi connectivity index (χ2n) is 2.40. The molecule has 0 spiro atoms. The lowest BCUT2D eigenvalue weighted by Gasteiger charge is -2.06. The van der Waals surface area contributed by atoms with Gasteiger partial charge in [0, 0.05) is 5.56 Å². The van der Waals surface area contributed by atoms with Crippen molar-refractivity contribution >= 4 is 0 Å². The van der Waals surface area contributed by atoms with E-state index in [1.54, 1.807) is 0 Å². The minimum absolute atomic E-state index is 0.638. The molecule has 4 nitrogen and oxygen atoms in total. The second kappa shape index (κ2) is 2.28. The summed E-state index contributed by atoms with van der Waals surface area (Å²) in [5, 5.41) is 0. The Labute approximate surface area is 64.3 Å². The molecule has 1 aromatic rings. The molecule has 0 aliphatic carbocycles. The van der Waals surface area contributed by atoms with Crippen LogP contribution in [0.3, 0.4) is 0 Å². The zero-order chi connectivity index (χ0) is 7.73. The largest absolute Gasteiger partial charge is 0.267 e. The lowest BCUT2D eigenvalue weighted by Crippen LogP contribution is -2.38. The van der Waals surface area contributed by atoms with Crippen molar-refractivity contribution < 1.29 is 4.84 Å². The van der Waals surface area contributed by atoms with Crippen LogP contribution >= 0.6 is 0 Å². The summed E-state index contributed by atoms with van der Waals surface area (Å²) in [7, 11) is 0. The Morgan fingerprint density at radius 3 is 2.45 bits per heavy atom. The first kappa shape index (κ1) is 6.75. The third-order valence-corrected chi connectivity index (χ3v) is 1.69. The van der Waals surface area contributed by atoms with E-state index in [0.29, 0.717) is 0 Å². The van der Waals surface area contributed by atoms with Gasteiger partial charge in [0.15, 0.2) is 0 Å². The Balaban J connectivity index is 2.30. The Bertz CT molecular complexity index is 245. The van der Waals surface area contributed by atoms with Crippen molar-refractivity contribution in [3.05, 3.63) is 35.9 Å². The van der Waals surface area contributed by atoms with E-state index in [2.05, 4.69) is 10.9 Å². The van der Waals surface area contributed by atoms with Gasteiger partial charge < -0.3 is 0 Å². The average Bonchev–Trinajstić information content (AvgIpc) is 2.86. The first-order valence-corrected chi connectivity index (χ1v) is 3.36. The summed E-state index contributed by atoms with van der Waals surface area (Å²) >= 11 is 0. The highest BCUT2D eigenvalue weighted by Gasteiger charge is 2.46. The summed E-state index contributed by atoms with van der Waals surface area (Å²) in [6.07, 6.45) is 0. The molecule has 0 saturated carbocycles. The molecule has 1 aliphatic rings. The first-order valence-electron chi connectivity index (χ1n) is 3.36. The fourth-order valence-electron chi connectivity index (χ4n) is 0.984. The van der Waals surface area contributed by atoms with Crippen LogP contribution in [-0.4, -0.2) is 0 Å². The predicted molar refractivity (Wildman–Crippen MR) is 39.7 cm³/mol. The van der Waals surface area contributed by atoms with Crippen molar-refractivity contribution in [3.63, 3.8) is 0 Å². The monoisotopic (exact) mass is 151 g/mol. The minimum atomic E-state index is -0.638. The number of rotatable bonds is 2. The molecular formula is C7H9N3O. The number of hydrazine groups is 1. The summed E-state index contributed by atoms with van der Waals surface area (Å²) in [5.74, 6) is 4.63. The van der Waals surface area contributed by atoms with Crippen LogP contribution in [0.25, 0.3) is 0 Å². The zero-order valence-corrected chi connectivity index (χ0v) is 5.87. The van der Waals surface area contributed by atoms with Gasteiger partial charge in [0.05, 0.1) is 0 Å². The van der Waals surface area contributed by atoms with Gasteiger partial charge in [0.25, 0.3) is 5.85 Å². The van der Waals surface area contributed by atoms with Gasteiger partial charge in [-0.3, -0.25) is 10.7 Å². The van der Waals surface area contributed by atoms with Crippen LogP contribution in [-0.2, 0) is 10.7 Å². The summed E-state index contributed by atoms with van der Waals surface area (Å²) in [4.78, 5) is 4.95. The van der Waals surface area contributed by atoms with E-state index >= 15 is 0 Å². The summed E-state index contributed by atoms with van der Waals surface area (Å²) in [5.41, 5.74) is 6.19. The second-order valence-corrected chi connectivity index (χ2v) is 2.40. The van der Waals surface area contributed by atoms with E-state index in [1.807, 2.05) is 30.3 Å². The van der Waals surface area contributed by atoms with Gasteiger partial charge >= 0.3 is 0 Å². The molecule has 1 saturated heterocycles. The van der Waals surface area contributed by atoms with Crippen LogP contribution in [0.4, 0.5) is 0 Å². The molecule has 0 radical (unpaired) electrons. The molecule has 4 N–H and O–H groups in total. The maximum absolute atomic E-state index is 5.26. The third-order valence-electron chi connectivity index (χ3n) is 1.69. The lowest BCUT2D eigenvalue weighted by molar-refractivity contribution is 0.254. The Kier molecular flexibility index (Phi) is 1.40. The maximum atomic E-state index is 5.26. The highest BCUT2D eigenvalue weighted by molar-refractivity contribution is 5.22. The molecule has 1 aliphatic heterocycles. The van der Waals surface area contributed by atoms with Crippen LogP contribution < -0.4 is 16.7 Å². The quantitative estimate of drug-likeness (QED) is 0.311. The van der Waals surface area contributed by atoms with Crippen LogP contribution in [0.5, 0.6) is 0 Å². The fourth-order valence-corrected chi connectivity index (χ4v) is 0.984. The van der Waals surface area contributed by atoms with Crippen LogP contribution in [0.2, 0.25) is 0 Å². The molecule has 1 heterocycles. The Morgan fingerprint density at radius 2 is 2.00 bits per heavy atom. The van der Waals surface area contributed by atoms with Gasteiger partial charge in [-0.15, -0.1) is 5.48 Å². The smallest absolute Gasteiger partial charge is 0.254 e. The molecule has 0 amide bonds. The van der Waals surface area contributed by atoms with Gasteiger partial charge in [0.1, 0.15) is 0 Å². The number of nitrogens with one attached hydrogen (secondary N) is 2. The van der Waals surface area contributed by atoms with Crippen molar-refractivity contribution in [1.29, 1.82) is 0 Å². The minimum Gasteiger partial charge on any atom is -0.267 e. The molecule has 0 bridgehead atoms. The van der Waals surface area contributed by atoms with Gasteiger partial charge in [-0.25, -0.2) is 5.43 Å². The summed E-state index contributed by atoms with van der Waals surface area (Å²) in [6.45, 7) is 0. The molecule has 0 aromatic heterocycles. The molecule has 1 atom stereocenters. The van der Waals surface area contributed by atoms with E-state index in [4.69, 9.17) is 10.7 Å². The molecule has 4 heteroatoms. The molecule has 11 heavy (non-hydrogen) atoms. The van der Waals surface area contributed by atoms with E-state index in [0.717, 1.165) is 5.56 Å². The number of hydroxylamine groups is 1. The van der Waals surface area contributed by atoms with Crippen molar-refractivity contribution in [2.45, 2.75) is 5.85 Å². The van der Waals surface area contributed by atoms with Crippen molar-refractivity contribution in [2.24, 2.45) is 5.84 Å². The topological polar surface area (TPSA) is 72.5 Å². The van der Waals surface area contributed by atoms with E-state index < -0.39 is 5.85 Å². The van der Waals surface area contributed by atoms with E-state index in [1.165, 1.54) is 0 Å². The number of nitrogens with two attached hydrogens (primary N) is 1. The zero-order valence-electron chi connectivity index (χ0n) is 5.87. The Morgan fingerprint density at radius 1 is 1.36 bits per heavy atom.